The largest absolute Gasteiger partial charge is 0.397 e. The summed E-state index contributed by atoms with van der Waals surface area (Å²) < 4.78 is 0. The number of hydrogen-bond donors (Lipinski definition) is 1. The summed E-state index contributed by atoms with van der Waals surface area (Å²) >= 11 is 2.03. The SMILES string of the molecule is CC1CN(c2ccc(N)cn2)CCS1. The van der Waals surface area contributed by atoms with Crippen LogP contribution in [-0.2, 0) is 0 Å². The third-order valence-corrected chi connectivity index (χ3v) is 3.47. The molecular weight excluding hydrogens is 194 g/mol. The molecule has 0 aromatic carbocycles. The average Bonchev–Trinajstić information content (AvgIpc) is 2.19. The number of hydrogen-bond acceptors (Lipinski definition) is 4. The molecule has 76 valence electrons. The Morgan fingerprint density at radius 1 is 1.57 bits per heavy atom. The maximum Gasteiger partial charge on any atom is 0.128 e. The highest BCUT2D eigenvalue weighted by Gasteiger charge is 2.17. The number of thioether (sulfide) groups is 1. The molecular formula is C10H15N3S. The minimum absolute atomic E-state index is 0.697. The van der Waals surface area contributed by atoms with Crippen molar-refractivity contribution < 1.29 is 0 Å². The number of aromatic nitrogens is 1. The second-order valence-electron chi connectivity index (χ2n) is 3.58. The Hall–Kier alpha value is -0.900. The van der Waals surface area contributed by atoms with E-state index < -0.39 is 0 Å². The molecule has 0 spiro atoms. The van der Waals surface area contributed by atoms with E-state index in [9.17, 15) is 0 Å². The molecule has 1 saturated heterocycles. The van der Waals surface area contributed by atoms with Crippen LogP contribution in [0.25, 0.3) is 0 Å². The van der Waals surface area contributed by atoms with Gasteiger partial charge in [0.05, 0.1) is 11.9 Å². The molecule has 1 fully saturated rings. The minimum atomic E-state index is 0.697. The molecule has 1 aliphatic rings. The molecule has 2 heterocycles. The van der Waals surface area contributed by atoms with Gasteiger partial charge >= 0.3 is 0 Å². The monoisotopic (exact) mass is 209 g/mol. The molecule has 3 nitrogen and oxygen atoms in total. The molecule has 1 aromatic heterocycles. The van der Waals surface area contributed by atoms with Crippen LogP contribution < -0.4 is 10.6 Å². The first-order valence-electron chi connectivity index (χ1n) is 4.84. The fourth-order valence-electron chi connectivity index (χ4n) is 1.61. The Balaban J connectivity index is 2.10. The predicted octanol–water partition coefficient (Wildman–Crippen LogP) is 1.61. The molecule has 1 atom stereocenters. The van der Waals surface area contributed by atoms with Gasteiger partial charge in [-0.2, -0.15) is 11.8 Å². The molecule has 0 saturated carbocycles. The van der Waals surface area contributed by atoms with Crippen molar-refractivity contribution in [1.82, 2.24) is 4.98 Å². The normalized spacial score (nSPS) is 22.4. The van der Waals surface area contributed by atoms with E-state index in [0.29, 0.717) is 5.25 Å². The number of nitrogen functional groups attached to an aromatic ring is 1. The number of nitrogens with two attached hydrogens (primary N) is 1. The van der Waals surface area contributed by atoms with Crippen LogP contribution in [-0.4, -0.2) is 29.1 Å². The minimum Gasteiger partial charge on any atom is -0.397 e. The lowest BCUT2D eigenvalue weighted by atomic mass is 10.3. The fourth-order valence-corrected chi connectivity index (χ4v) is 2.62. The highest BCUT2D eigenvalue weighted by atomic mass is 32.2. The highest BCUT2D eigenvalue weighted by Crippen LogP contribution is 2.22. The van der Waals surface area contributed by atoms with Gasteiger partial charge in [-0.1, -0.05) is 6.92 Å². The molecule has 2 rings (SSSR count). The van der Waals surface area contributed by atoms with Gasteiger partial charge in [0, 0.05) is 24.1 Å². The summed E-state index contributed by atoms with van der Waals surface area (Å²) in [7, 11) is 0. The summed E-state index contributed by atoms with van der Waals surface area (Å²) in [6, 6.07) is 3.91. The average molecular weight is 209 g/mol. The van der Waals surface area contributed by atoms with Gasteiger partial charge in [0.2, 0.25) is 0 Å². The van der Waals surface area contributed by atoms with Crippen molar-refractivity contribution in [1.29, 1.82) is 0 Å². The lowest BCUT2D eigenvalue weighted by molar-refractivity contribution is 0.770. The molecule has 1 aliphatic heterocycles. The zero-order valence-electron chi connectivity index (χ0n) is 8.31. The van der Waals surface area contributed by atoms with Gasteiger partial charge in [-0.25, -0.2) is 4.98 Å². The first kappa shape index (κ1) is 9.65. The third kappa shape index (κ3) is 2.12. The molecule has 0 amide bonds. The molecule has 2 N–H and O–H groups in total. The smallest absolute Gasteiger partial charge is 0.128 e. The van der Waals surface area contributed by atoms with Gasteiger partial charge in [-0.3, -0.25) is 0 Å². The number of rotatable bonds is 1. The van der Waals surface area contributed by atoms with E-state index >= 15 is 0 Å². The van der Waals surface area contributed by atoms with E-state index in [2.05, 4.69) is 16.8 Å². The van der Waals surface area contributed by atoms with E-state index in [1.165, 1.54) is 5.75 Å². The van der Waals surface area contributed by atoms with Crippen molar-refractivity contribution in [2.75, 3.05) is 29.5 Å². The van der Waals surface area contributed by atoms with Crippen LogP contribution in [0.5, 0.6) is 0 Å². The topological polar surface area (TPSA) is 42.1 Å². The Bertz CT molecular complexity index is 299. The van der Waals surface area contributed by atoms with E-state index in [1.807, 2.05) is 23.9 Å². The standard InChI is InChI=1S/C10H15N3S/c1-8-7-13(4-5-14-8)10-3-2-9(11)6-12-10/h2-3,6,8H,4-5,7,11H2,1H3. The fraction of sp³-hybridized carbons (Fsp3) is 0.500. The summed E-state index contributed by atoms with van der Waals surface area (Å²) in [6.07, 6.45) is 1.72. The lowest BCUT2D eigenvalue weighted by Crippen LogP contribution is -2.37. The predicted molar refractivity (Wildman–Crippen MR) is 62.8 cm³/mol. The van der Waals surface area contributed by atoms with Gasteiger partial charge in [0.1, 0.15) is 5.82 Å². The van der Waals surface area contributed by atoms with Crippen LogP contribution in [0.1, 0.15) is 6.92 Å². The molecule has 0 bridgehead atoms. The molecule has 0 aliphatic carbocycles. The van der Waals surface area contributed by atoms with Crippen molar-refractivity contribution in [3.63, 3.8) is 0 Å². The van der Waals surface area contributed by atoms with E-state index in [-0.39, 0.29) is 0 Å². The number of nitrogens with zero attached hydrogens (tertiary/aromatic N) is 2. The quantitative estimate of drug-likeness (QED) is 0.763. The van der Waals surface area contributed by atoms with Crippen molar-refractivity contribution >= 4 is 23.3 Å². The molecule has 14 heavy (non-hydrogen) atoms. The third-order valence-electron chi connectivity index (χ3n) is 2.34. The van der Waals surface area contributed by atoms with Crippen molar-refractivity contribution in [3.05, 3.63) is 18.3 Å². The van der Waals surface area contributed by atoms with E-state index in [4.69, 9.17) is 5.73 Å². The van der Waals surface area contributed by atoms with Crippen LogP contribution in [0.3, 0.4) is 0 Å². The van der Waals surface area contributed by atoms with Gasteiger partial charge in [0.25, 0.3) is 0 Å². The Morgan fingerprint density at radius 2 is 2.43 bits per heavy atom. The maximum absolute atomic E-state index is 5.60. The Labute approximate surface area is 88.7 Å². The van der Waals surface area contributed by atoms with Crippen molar-refractivity contribution in [3.8, 4) is 0 Å². The highest BCUT2D eigenvalue weighted by molar-refractivity contribution is 8.00. The Morgan fingerprint density at radius 3 is 3.07 bits per heavy atom. The van der Waals surface area contributed by atoms with Crippen LogP contribution in [0, 0.1) is 0 Å². The van der Waals surface area contributed by atoms with Crippen LogP contribution in [0.4, 0.5) is 11.5 Å². The van der Waals surface area contributed by atoms with Crippen LogP contribution in [0.15, 0.2) is 18.3 Å². The lowest BCUT2D eigenvalue weighted by Gasteiger charge is -2.31. The molecule has 1 unspecified atom stereocenters. The zero-order valence-corrected chi connectivity index (χ0v) is 9.13. The first-order valence-corrected chi connectivity index (χ1v) is 5.88. The number of pyridine rings is 1. The van der Waals surface area contributed by atoms with Gasteiger partial charge in [-0.15, -0.1) is 0 Å². The van der Waals surface area contributed by atoms with Crippen LogP contribution in [0.2, 0.25) is 0 Å². The second-order valence-corrected chi connectivity index (χ2v) is 5.12. The van der Waals surface area contributed by atoms with Crippen molar-refractivity contribution in [2.24, 2.45) is 0 Å². The van der Waals surface area contributed by atoms with E-state index in [1.54, 1.807) is 6.20 Å². The molecule has 0 radical (unpaired) electrons. The van der Waals surface area contributed by atoms with E-state index in [0.717, 1.165) is 24.6 Å². The second kappa shape index (κ2) is 4.09. The van der Waals surface area contributed by atoms with Crippen LogP contribution >= 0.6 is 11.8 Å². The summed E-state index contributed by atoms with van der Waals surface area (Å²) in [5.41, 5.74) is 6.33. The Kier molecular flexibility index (Phi) is 2.82. The maximum atomic E-state index is 5.60. The summed E-state index contributed by atoms with van der Waals surface area (Å²) in [5, 5.41) is 0.697. The van der Waals surface area contributed by atoms with Gasteiger partial charge in [0.15, 0.2) is 0 Å². The first-order chi connectivity index (χ1) is 6.75. The number of anilines is 2. The molecule has 1 aromatic rings. The van der Waals surface area contributed by atoms with Crippen molar-refractivity contribution in [2.45, 2.75) is 12.2 Å². The summed E-state index contributed by atoms with van der Waals surface area (Å²) in [6.45, 7) is 4.43. The van der Waals surface area contributed by atoms with Gasteiger partial charge < -0.3 is 10.6 Å². The zero-order chi connectivity index (χ0) is 9.97. The van der Waals surface area contributed by atoms with Gasteiger partial charge in [-0.05, 0) is 12.1 Å². The summed E-state index contributed by atoms with van der Waals surface area (Å²) in [5.74, 6) is 2.24. The molecule has 4 heteroatoms. The summed E-state index contributed by atoms with van der Waals surface area (Å²) in [4.78, 5) is 6.65.